The lowest BCUT2D eigenvalue weighted by Crippen LogP contribution is -2.41. The Labute approximate surface area is 192 Å². The first-order chi connectivity index (χ1) is 15.2. The van der Waals surface area contributed by atoms with Gasteiger partial charge in [0.05, 0.1) is 28.3 Å². The summed E-state index contributed by atoms with van der Waals surface area (Å²) >= 11 is 7.74. The number of halogens is 3. The number of carbonyl (C=O) groups excluding carboxylic acids is 1. The quantitative estimate of drug-likeness (QED) is 0.600. The van der Waals surface area contributed by atoms with E-state index in [-0.39, 0.29) is 41.9 Å². The van der Waals surface area contributed by atoms with E-state index >= 15 is 0 Å². The first-order valence-corrected chi connectivity index (χ1v) is 11.6. The van der Waals surface area contributed by atoms with E-state index in [9.17, 15) is 18.7 Å². The zero-order chi connectivity index (χ0) is 22.6. The van der Waals surface area contributed by atoms with Crippen molar-refractivity contribution in [3.63, 3.8) is 0 Å². The van der Waals surface area contributed by atoms with Crippen LogP contribution in [0, 0.1) is 0 Å². The average Bonchev–Trinajstić information content (AvgIpc) is 3.37. The van der Waals surface area contributed by atoms with Crippen molar-refractivity contribution < 1.29 is 18.7 Å². The number of nitrogens with zero attached hydrogens (tertiary/aromatic N) is 4. The van der Waals surface area contributed by atoms with Crippen molar-refractivity contribution in [1.82, 2.24) is 19.7 Å². The molecule has 0 radical (unpaired) electrons. The second-order valence-corrected chi connectivity index (χ2v) is 9.81. The number of rotatable bonds is 4. The molecule has 5 rings (SSSR count). The molecule has 1 amide bonds. The molecule has 1 aliphatic heterocycles. The highest BCUT2D eigenvalue weighted by Gasteiger charge is 2.46. The molecule has 6 nitrogen and oxygen atoms in total. The summed E-state index contributed by atoms with van der Waals surface area (Å²) in [6.45, 7) is 0.498. The fourth-order valence-corrected chi connectivity index (χ4v) is 5.58. The van der Waals surface area contributed by atoms with E-state index in [1.165, 1.54) is 6.07 Å². The molecule has 1 fully saturated rings. The minimum atomic E-state index is -2.67. The van der Waals surface area contributed by atoms with Crippen LogP contribution < -0.4 is 0 Å². The molecule has 1 atom stereocenters. The maximum Gasteiger partial charge on any atom is 0.249 e. The Morgan fingerprint density at radius 1 is 1.38 bits per heavy atom. The highest BCUT2D eigenvalue weighted by atomic mass is 35.5. The fourth-order valence-electron chi connectivity index (χ4n) is 4.55. The third kappa shape index (κ3) is 3.77. The maximum absolute atomic E-state index is 13.4. The largest absolute Gasteiger partial charge is 0.506 e. The fraction of sp³-hybridized carbons (Fsp3) is 0.409. The van der Waals surface area contributed by atoms with E-state index in [1.54, 1.807) is 32.5 Å². The van der Waals surface area contributed by atoms with Gasteiger partial charge in [0.2, 0.25) is 11.8 Å². The Kier molecular flexibility index (Phi) is 5.21. The molecule has 2 aliphatic rings. The van der Waals surface area contributed by atoms with Crippen molar-refractivity contribution in [2.75, 3.05) is 6.54 Å². The van der Waals surface area contributed by atoms with Gasteiger partial charge in [-0.15, -0.1) is 11.3 Å². The molecule has 0 saturated heterocycles. The summed E-state index contributed by atoms with van der Waals surface area (Å²) in [7, 11) is 1.82. The van der Waals surface area contributed by atoms with Crippen molar-refractivity contribution in [3.8, 4) is 5.75 Å². The van der Waals surface area contributed by atoms with Crippen LogP contribution in [0.25, 0.3) is 0 Å². The molecule has 0 bridgehead atoms. The van der Waals surface area contributed by atoms with Crippen LogP contribution in [-0.4, -0.2) is 43.1 Å². The number of hydrogen-bond acceptors (Lipinski definition) is 5. The summed E-state index contributed by atoms with van der Waals surface area (Å²) in [5.74, 6) is -3.39. The third-order valence-corrected chi connectivity index (χ3v) is 7.42. The van der Waals surface area contributed by atoms with Gasteiger partial charge >= 0.3 is 0 Å². The number of phenolic OH excluding ortho intramolecular Hbond substituents is 1. The minimum Gasteiger partial charge on any atom is -0.506 e. The Morgan fingerprint density at radius 2 is 2.16 bits per heavy atom. The summed E-state index contributed by atoms with van der Waals surface area (Å²) in [6, 6.07) is 4.60. The van der Waals surface area contributed by atoms with E-state index in [2.05, 4.69) is 10.1 Å². The van der Waals surface area contributed by atoms with Gasteiger partial charge in [-0.1, -0.05) is 17.7 Å². The summed E-state index contributed by atoms with van der Waals surface area (Å²) in [4.78, 5) is 20.8. The molecule has 10 heteroatoms. The first kappa shape index (κ1) is 21.3. The molecular formula is C22H21ClF2N4O2S. The summed E-state index contributed by atoms with van der Waals surface area (Å²) < 4.78 is 28.4. The number of carbonyl (C=O) groups is 1. The highest BCUT2D eigenvalue weighted by molar-refractivity contribution is 7.09. The molecule has 1 unspecified atom stereocenters. The van der Waals surface area contributed by atoms with Crippen LogP contribution in [0.4, 0.5) is 8.78 Å². The molecule has 1 N–H and O–H groups in total. The van der Waals surface area contributed by atoms with E-state index in [0.717, 1.165) is 16.3 Å². The number of aromatic hydroxyl groups is 1. The number of phenols is 1. The molecule has 1 saturated carbocycles. The number of aryl methyl sites for hydroxylation is 1. The smallest absolute Gasteiger partial charge is 0.249 e. The zero-order valence-electron chi connectivity index (χ0n) is 17.3. The van der Waals surface area contributed by atoms with Gasteiger partial charge in [-0.05, 0) is 23.6 Å². The topological polar surface area (TPSA) is 71.2 Å². The van der Waals surface area contributed by atoms with Gasteiger partial charge in [0, 0.05) is 49.5 Å². The Morgan fingerprint density at radius 3 is 2.84 bits per heavy atom. The molecule has 2 aromatic heterocycles. The SMILES string of the molecule is Cn1ccc(C2c3ncsc3CCN2C(=O)Cc2cc(C3CC(F)(F)C3)cc(Cl)c2O)n1. The Hall–Kier alpha value is -2.52. The number of alkyl halides is 2. The van der Waals surface area contributed by atoms with Crippen molar-refractivity contribution in [1.29, 1.82) is 0 Å². The molecule has 1 aliphatic carbocycles. The molecule has 3 aromatic rings. The van der Waals surface area contributed by atoms with Gasteiger partial charge in [-0.3, -0.25) is 9.48 Å². The number of hydrogen-bond donors (Lipinski definition) is 1. The minimum absolute atomic E-state index is 0.0715. The van der Waals surface area contributed by atoms with Crippen LogP contribution in [0.5, 0.6) is 5.75 Å². The van der Waals surface area contributed by atoms with Crippen molar-refractivity contribution in [2.45, 2.75) is 43.6 Å². The summed E-state index contributed by atoms with van der Waals surface area (Å²) in [6.07, 6.45) is 1.93. The molecule has 3 heterocycles. The Balaban J connectivity index is 1.44. The summed E-state index contributed by atoms with van der Waals surface area (Å²) in [5, 5.41) is 15.0. The Bertz CT molecular complexity index is 1190. The molecule has 168 valence electrons. The maximum atomic E-state index is 13.4. The van der Waals surface area contributed by atoms with Crippen LogP contribution in [0.2, 0.25) is 5.02 Å². The predicted octanol–water partition coefficient (Wildman–Crippen LogP) is 4.47. The molecule has 32 heavy (non-hydrogen) atoms. The molecule has 0 spiro atoms. The van der Waals surface area contributed by atoms with E-state index < -0.39 is 12.0 Å². The lowest BCUT2D eigenvalue weighted by Gasteiger charge is -2.36. The van der Waals surface area contributed by atoms with Crippen molar-refractivity contribution in [3.05, 3.63) is 62.3 Å². The van der Waals surface area contributed by atoms with Crippen LogP contribution in [0.15, 0.2) is 29.9 Å². The van der Waals surface area contributed by atoms with Gasteiger partial charge in [-0.2, -0.15) is 5.10 Å². The number of aromatic nitrogens is 3. The van der Waals surface area contributed by atoms with Gasteiger partial charge in [-0.25, -0.2) is 13.8 Å². The van der Waals surface area contributed by atoms with E-state index in [1.807, 2.05) is 19.3 Å². The van der Waals surface area contributed by atoms with E-state index in [4.69, 9.17) is 11.6 Å². The second-order valence-electron chi connectivity index (χ2n) is 8.46. The van der Waals surface area contributed by atoms with Crippen LogP contribution >= 0.6 is 22.9 Å². The number of fused-ring (bicyclic) bond motifs is 1. The van der Waals surface area contributed by atoms with Gasteiger partial charge in [0.25, 0.3) is 0 Å². The number of thiazole rings is 1. The normalized spacial score (nSPS) is 20.1. The lowest BCUT2D eigenvalue weighted by molar-refractivity contribution is -0.132. The second kappa shape index (κ2) is 7.81. The monoisotopic (exact) mass is 478 g/mol. The van der Waals surface area contributed by atoms with Gasteiger partial charge in [0.1, 0.15) is 11.8 Å². The number of amides is 1. The average molecular weight is 479 g/mol. The lowest BCUT2D eigenvalue weighted by atomic mass is 9.76. The molecular weight excluding hydrogens is 458 g/mol. The number of benzene rings is 1. The first-order valence-electron chi connectivity index (χ1n) is 10.3. The van der Waals surface area contributed by atoms with Crippen LogP contribution in [0.3, 0.4) is 0 Å². The van der Waals surface area contributed by atoms with Gasteiger partial charge in [0.15, 0.2) is 0 Å². The van der Waals surface area contributed by atoms with Crippen molar-refractivity contribution >= 4 is 28.8 Å². The van der Waals surface area contributed by atoms with Gasteiger partial charge < -0.3 is 10.0 Å². The van der Waals surface area contributed by atoms with Crippen molar-refractivity contribution in [2.24, 2.45) is 7.05 Å². The van der Waals surface area contributed by atoms with Crippen LogP contribution in [0.1, 0.15) is 52.2 Å². The standard InChI is InChI=1S/C22H21ClF2N4O2S/c1-28-4-2-16(27-28)20-19-17(32-11-26-19)3-5-29(20)18(30)8-13-6-12(7-15(23)21(13)31)14-9-22(24,25)10-14/h2,4,6-7,11,14,20,31H,3,5,8-10H2,1H3. The highest BCUT2D eigenvalue weighted by Crippen LogP contribution is 2.49. The zero-order valence-corrected chi connectivity index (χ0v) is 18.8. The predicted molar refractivity (Wildman–Crippen MR) is 116 cm³/mol. The van der Waals surface area contributed by atoms with E-state index in [0.29, 0.717) is 24.1 Å². The summed E-state index contributed by atoms with van der Waals surface area (Å²) in [5.41, 5.74) is 4.29. The molecule has 1 aromatic carbocycles. The third-order valence-electron chi connectivity index (χ3n) is 6.23. The van der Waals surface area contributed by atoms with Crippen LogP contribution in [-0.2, 0) is 24.7 Å².